The van der Waals surface area contributed by atoms with Gasteiger partial charge in [-0.2, -0.15) is 0 Å². The van der Waals surface area contributed by atoms with E-state index in [9.17, 15) is 14.4 Å². The second-order valence-electron chi connectivity index (χ2n) is 2.51. The van der Waals surface area contributed by atoms with Crippen LogP contribution in [0.3, 0.4) is 0 Å². The van der Waals surface area contributed by atoms with Crippen LogP contribution in [-0.2, 0) is 29.1 Å². The maximum atomic E-state index is 10.6. The molecule has 1 rings (SSSR count). The third-order valence-corrected chi connectivity index (χ3v) is 6.25. The standard InChI is InChI=1S/C7H7.3CO.Mo/c1-2-4-6-7-5-3-1;3*1-2;/h1-5H,6H2;;;;. The van der Waals surface area contributed by atoms with Crippen LogP contribution in [0, 0.1) is 0 Å². The van der Waals surface area contributed by atoms with Crippen LogP contribution >= 0.6 is 0 Å². The quantitative estimate of drug-likeness (QED) is 0.661. The molecular formula is C10H7MoO3. The Hall–Kier alpha value is -1.35. The van der Waals surface area contributed by atoms with E-state index in [-0.39, 0.29) is 0 Å². The van der Waals surface area contributed by atoms with Gasteiger partial charge in [0.05, 0.1) is 0 Å². The third kappa shape index (κ3) is 1.93. The molecule has 0 heterocycles. The number of hydrogen-bond donors (Lipinski definition) is 0. The normalized spacial score (nSPS) is 14.7. The van der Waals surface area contributed by atoms with Crippen molar-refractivity contribution in [3.8, 4) is 0 Å². The van der Waals surface area contributed by atoms with Gasteiger partial charge in [0.1, 0.15) is 0 Å². The fourth-order valence-electron chi connectivity index (χ4n) is 0.996. The molecule has 0 aromatic heterocycles. The molecule has 3 nitrogen and oxygen atoms in total. The van der Waals surface area contributed by atoms with Gasteiger partial charge >= 0.3 is 82.6 Å². The molecular weight excluding hydrogens is 264 g/mol. The van der Waals surface area contributed by atoms with Crippen LogP contribution < -0.4 is 0 Å². The minimum absolute atomic E-state index is 0.424. The van der Waals surface area contributed by atoms with Gasteiger partial charge in [0.25, 0.3) is 0 Å². The topological polar surface area (TPSA) is 51.2 Å². The number of allylic oxidation sites excluding steroid dienone is 6. The summed E-state index contributed by atoms with van der Waals surface area (Å²) in [7, 11) is 0. The van der Waals surface area contributed by atoms with E-state index in [0.717, 1.165) is 0 Å². The Morgan fingerprint density at radius 2 is 1.64 bits per heavy atom. The average molecular weight is 271 g/mol. The van der Waals surface area contributed by atoms with Crippen molar-refractivity contribution in [3.05, 3.63) is 34.3 Å². The van der Waals surface area contributed by atoms with E-state index >= 15 is 0 Å². The summed E-state index contributed by atoms with van der Waals surface area (Å²) in [5, 5.41) is 0. The molecule has 0 saturated heterocycles. The van der Waals surface area contributed by atoms with Gasteiger partial charge in [-0.3, -0.25) is 0 Å². The summed E-state index contributed by atoms with van der Waals surface area (Å²) < 4.78 is 5.23. The first kappa shape index (κ1) is 10.7. The predicted octanol–water partition coefficient (Wildman–Crippen LogP) is 0.742. The van der Waals surface area contributed by atoms with E-state index in [0.29, 0.717) is 10.4 Å². The van der Waals surface area contributed by atoms with Crippen LogP contribution in [-0.4, -0.2) is 12.8 Å². The van der Waals surface area contributed by atoms with Gasteiger partial charge in [-0.05, 0) is 0 Å². The molecule has 0 saturated carbocycles. The van der Waals surface area contributed by atoms with Gasteiger partial charge < -0.3 is 0 Å². The third-order valence-electron chi connectivity index (χ3n) is 1.73. The van der Waals surface area contributed by atoms with Crippen molar-refractivity contribution in [2.75, 3.05) is 0 Å². The molecule has 0 aromatic rings. The van der Waals surface area contributed by atoms with E-state index < -0.39 is 14.7 Å². The molecule has 0 radical (unpaired) electrons. The van der Waals surface area contributed by atoms with Crippen molar-refractivity contribution in [2.45, 2.75) is 6.42 Å². The van der Waals surface area contributed by atoms with Crippen LogP contribution in [0.5, 0.6) is 0 Å². The molecule has 1 aliphatic rings. The Kier molecular flexibility index (Phi) is 3.65. The Balaban J connectivity index is 3.63. The van der Waals surface area contributed by atoms with Crippen molar-refractivity contribution in [1.82, 2.24) is 0 Å². The minimum atomic E-state index is -4.07. The van der Waals surface area contributed by atoms with Gasteiger partial charge in [-0.25, -0.2) is 0 Å². The molecule has 14 heavy (non-hydrogen) atoms. The first-order valence-electron chi connectivity index (χ1n) is 3.81. The van der Waals surface area contributed by atoms with Gasteiger partial charge in [0.15, 0.2) is 0 Å². The Morgan fingerprint density at radius 3 is 2.21 bits per heavy atom. The molecule has 4 heteroatoms. The van der Waals surface area contributed by atoms with E-state index in [1.54, 1.807) is 43.2 Å². The zero-order valence-electron chi connectivity index (χ0n) is 7.23. The summed E-state index contributed by atoms with van der Waals surface area (Å²) in [5.74, 6) is 0. The summed E-state index contributed by atoms with van der Waals surface area (Å²) >= 11 is -4.07. The fourth-order valence-corrected chi connectivity index (χ4v) is 3.58. The molecule has 0 amide bonds. The van der Waals surface area contributed by atoms with Gasteiger partial charge in [-0.1, -0.05) is 0 Å². The summed E-state index contributed by atoms with van der Waals surface area (Å²) in [6, 6.07) is 0. The molecule has 0 aromatic carbocycles. The van der Waals surface area contributed by atoms with Crippen molar-refractivity contribution < 1.29 is 29.1 Å². The SMILES string of the molecule is O=[C]=[Mo](=[C]=O)(=[C]=O)[C]1=CC=CC=CC1. The molecule has 0 atom stereocenters. The summed E-state index contributed by atoms with van der Waals surface area (Å²) in [5.41, 5.74) is 0. The number of rotatable bonds is 1. The molecule has 0 bridgehead atoms. The van der Waals surface area contributed by atoms with Crippen LogP contribution in [0.1, 0.15) is 6.42 Å². The molecule has 71 valence electrons. The van der Waals surface area contributed by atoms with Crippen LogP contribution in [0.2, 0.25) is 0 Å². The van der Waals surface area contributed by atoms with E-state index in [4.69, 9.17) is 0 Å². The molecule has 0 spiro atoms. The Labute approximate surface area is 82.8 Å². The molecule has 1 aliphatic carbocycles. The van der Waals surface area contributed by atoms with Gasteiger partial charge in [0, 0.05) is 0 Å². The molecule has 0 aliphatic heterocycles. The second kappa shape index (κ2) is 4.77. The monoisotopic (exact) mass is 273 g/mol. The first-order chi connectivity index (χ1) is 6.79. The van der Waals surface area contributed by atoms with Crippen molar-refractivity contribution in [3.63, 3.8) is 0 Å². The Morgan fingerprint density at radius 1 is 1.00 bits per heavy atom. The molecule has 0 unspecified atom stereocenters. The van der Waals surface area contributed by atoms with Crippen molar-refractivity contribution >= 4 is 12.8 Å². The Bertz CT molecular complexity index is 526. The van der Waals surface area contributed by atoms with Gasteiger partial charge in [0.2, 0.25) is 0 Å². The summed E-state index contributed by atoms with van der Waals surface area (Å²) in [6.07, 6.45) is 9.06. The summed E-state index contributed by atoms with van der Waals surface area (Å²) in [4.78, 5) is 31.9. The van der Waals surface area contributed by atoms with Crippen molar-refractivity contribution in [1.29, 1.82) is 0 Å². The van der Waals surface area contributed by atoms with Crippen LogP contribution in [0.15, 0.2) is 34.3 Å². The van der Waals surface area contributed by atoms with Gasteiger partial charge in [-0.15, -0.1) is 0 Å². The zero-order chi connectivity index (χ0) is 10.4. The number of carbonyl (C=O) groups excluding carboxylic acids is 3. The fraction of sp³-hybridized carbons (Fsp3) is 0.100. The summed E-state index contributed by atoms with van der Waals surface area (Å²) in [6.45, 7) is 0. The number of hydrogen-bond acceptors (Lipinski definition) is 3. The average Bonchev–Trinajstić information content (AvgIpc) is 2.51. The molecule has 0 fully saturated rings. The predicted molar refractivity (Wildman–Crippen MR) is 48.1 cm³/mol. The van der Waals surface area contributed by atoms with E-state index in [1.165, 1.54) is 0 Å². The van der Waals surface area contributed by atoms with Crippen LogP contribution in [0.4, 0.5) is 0 Å². The van der Waals surface area contributed by atoms with E-state index in [2.05, 4.69) is 0 Å². The van der Waals surface area contributed by atoms with Crippen molar-refractivity contribution in [2.24, 2.45) is 0 Å². The zero-order valence-corrected chi connectivity index (χ0v) is 9.23. The second-order valence-corrected chi connectivity index (χ2v) is 8.04. The molecule has 0 N–H and O–H groups in total. The maximum absolute atomic E-state index is 10.6. The first-order valence-corrected chi connectivity index (χ1v) is 7.83. The van der Waals surface area contributed by atoms with E-state index in [1.807, 2.05) is 0 Å². The van der Waals surface area contributed by atoms with Crippen LogP contribution in [0.25, 0.3) is 0 Å².